The largest absolute Gasteiger partial charge is 0.364 e. The van der Waals surface area contributed by atoms with E-state index in [1.807, 2.05) is 11.4 Å². The molecule has 2 aromatic heterocycles. The Morgan fingerprint density at radius 2 is 2.29 bits per heavy atom. The number of hydrogen-bond acceptors (Lipinski definition) is 5. The summed E-state index contributed by atoms with van der Waals surface area (Å²) in [7, 11) is 0. The van der Waals surface area contributed by atoms with E-state index < -0.39 is 0 Å². The van der Waals surface area contributed by atoms with Gasteiger partial charge >= 0.3 is 0 Å². The molecule has 1 unspecified atom stereocenters. The highest BCUT2D eigenvalue weighted by atomic mass is 32.1. The van der Waals surface area contributed by atoms with Gasteiger partial charge in [0, 0.05) is 5.54 Å². The van der Waals surface area contributed by atoms with Gasteiger partial charge in [0.15, 0.2) is 0 Å². The molecule has 5 heteroatoms. The SMILES string of the molecule is CCC(C)(CCN)Nc1ncnc2ccsc12. The van der Waals surface area contributed by atoms with Crippen LogP contribution >= 0.6 is 11.3 Å². The normalized spacial score (nSPS) is 14.8. The number of nitrogens with two attached hydrogens (primary N) is 1. The summed E-state index contributed by atoms with van der Waals surface area (Å²) >= 11 is 1.66. The van der Waals surface area contributed by atoms with E-state index in [9.17, 15) is 0 Å². The lowest BCUT2D eigenvalue weighted by Gasteiger charge is -2.29. The van der Waals surface area contributed by atoms with E-state index in [1.54, 1.807) is 17.7 Å². The first-order valence-electron chi connectivity index (χ1n) is 5.85. The van der Waals surface area contributed by atoms with Crippen molar-refractivity contribution >= 4 is 27.4 Å². The minimum absolute atomic E-state index is 0.0000231. The van der Waals surface area contributed by atoms with Gasteiger partial charge < -0.3 is 11.1 Å². The standard InChI is InChI=1S/C12H18N4S/c1-3-12(2,5-6-13)16-11-10-9(4-7-17-10)14-8-15-11/h4,7-8H,3,5-6,13H2,1-2H3,(H,14,15,16). The minimum Gasteiger partial charge on any atom is -0.364 e. The van der Waals surface area contributed by atoms with Crippen LogP contribution in [0.5, 0.6) is 0 Å². The molecule has 3 N–H and O–H groups in total. The van der Waals surface area contributed by atoms with Crippen molar-refractivity contribution in [1.29, 1.82) is 0 Å². The van der Waals surface area contributed by atoms with E-state index in [0.717, 1.165) is 28.9 Å². The van der Waals surface area contributed by atoms with Gasteiger partial charge in [-0.05, 0) is 37.8 Å². The van der Waals surface area contributed by atoms with Crippen LogP contribution in [0.25, 0.3) is 10.2 Å². The lowest BCUT2D eigenvalue weighted by molar-refractivity contribution is 0.462. The van der Waals surface area contributed by atoms with Crippen molar-refractivity contribution in [2.45, 2.75) is 32.2 Å². The number of hydrogen-bond donors (Lipinski definition) is 2. The predicted octanol–water partition coefficient (Wildman–Crippen LogP) is 2.62. The Kier molecular flexibility index (Phi) is 3.59. The molecule has 0 aromatic carbocycles. The van der Waals surface area contributed by atoms with Crippen molar-refractivity contribution in [2.75, 3.05) is 11.9 Å². The van der Waals surface area contributed by atoms with Crippen LogP contribution in [0.1, 0.15) is 26.7 Å². The second-order valence-electron chi connectivity index (χ2n) is 4.44. The Balaban J connectivity index is 2.31. The van der Waals surface area contributed by atoms with Gasteiger partial charge in [0.2, 0.25) is 0 Å². The molecule has 2 aromatic rings. The fourth-order valence-electron chi connectivity index (χ4n) is 1.81. The summed E-state index contributed by atoms with van der Waals surface area (Å²) in [5, 5.41) is 5.55. The van der Waals surface area contributed by atoms with Gasteiger partial charge in [-0.3, -0.25) is 0 Å². The van der Waals surface area contributed by atoms with E-state index in [2.05, 4.69) is 29.1 Å². The lowest BCUT2D eigenvalue weighted by atomic mass is 9.94. The summed E-state index contributed by atoms with van der Waals surface area (Å²) in [6.07, 6.45) is 3.55. The third-order valence-electron chi connectivity index (χ3n) is 3.14. The summed E-state index contributed by atoms with van der Waals surface area (Å²) in [6, 6.07) is 2.01. The molecule has 0 amide bonds. The van der Waals surface area contributed by atoms with Crippen LogP contribution in [0, 0.1) is 0 Å². The van der Waals surface area contributed by atoms with E-state index in [4.69, 9.17) is 5.73 Å². The molecule has 17 heavy (non-hydrogen) atoms. The molecule has 0 saturated carbocycles. The van der Waals surface area contributed by atoms with Crippen LogP contribution in [0.4, 0.5) is 5.82 Å². The highest BCUT2D eigenvalue weighted by molar-refractivity contribution is 7.17. The lowest BCUT2D eigenvalue weighted by Crippen LogP contribution is -2.36. The van der Waals surface area contributed by atoms with Gasteiger partial charge in [-0.15, -0.1) is 11.3 Å². The van der Waals surface area contributed by atoms with Crippen molar-refractivity contribution in [3.8, 4) is 0 Å². The molecule has 0 radical (unpaired) electrons. The van der Waals surface area contributed by atoms with Gasteiger partial charge in [-0.2, -0.15) is 0 Å². The summed E-state index contributed by atoms with van der Waals surface area (Å²) in [4.78, 5) is 8.58. The number of aromatic nitrogens is 2. The van der Waals surface area contributed by atoms with Crippen molar-refractivity contribution in [1.82, 2.24) is 9.97 Å². The molecule has 0 aliphatic carbocycles. The average molecular weight is 250 g/mol. The Labute approximate surface area is 105 Å². The summed E-state index contributed by atoms with van der Waals surface area (Å²) in [5.41, 5.74) is 6.67. The molecule has 2 rings (SSSR count). The number of fused-ring (bicyclic) bond motifs is 1. The van der Waals surface area contributed by atoms with Crippen LogP contribution in [0.3, 0.4) is 0 Å². The minimum atomic E-state index is 0.0000231. The average Bonchev–Trinajstić information content (AvgIpc) is 2.78. The zero-order chi connectivity index (χ0) is 12.3. The molecular weight excluding hydrogens is 232 g/mol. The molecule has 4 nitrogen and oxygen atoms in total. The highest BCUT2D eigenvalue weighted by Crippen LogP contribution is 2.28. The van der Waals surface area contributed by atoms with Crippen LogP contribution in [-0.4, -0.2) is 22.1 Å². The third kappa shape index (κ3) is 2.56. The van der Waals surface area contributed by atoms with E-state index >= 15 is 0 Å². The molecule has 2 heterocycles. The van der Waals surface area contributed by atoms with Gasteiger partial charge in [0.25, 0.3) is 0 Å². The zero-order valence-electron chi connectivity index (χ0n) is 10.2. The summed E-state index contributed by atoms with van der Waals surface area (Å²) in [6.45, 7) is 5.02. The zero-order valence-corrected chi connectivity index (χ0v) is 11.0. The Morgan fingerprint density at radius 3 is 3.00 bits per heavy atom. The van der Waals surface area contributed by atoms with Crippen LogP contribution in [0.2, 0.25) is 0 Å². The Morgan fingerprint density at radius 1 is 1.47 bits per heavy atom. The predicted molar refractivity (Wildman–Crippen MR) is 73.4 cm³/mol. The first kappa shape index (κ1) is 12.3. The third-order valence-corrected chi connectivity index (χ3v) is 4.05. The second-order valence-corrected chi connectivity index (χ2v) is 5.35. The fraction of sp³-hybridized carbons (Fsp3) is 0.500. The van der Waals surface area contributed by atoms with E-state index in [-0.39, 0.29) is 5.54 Å². The quantitative estimate of drug-likeness (QED) is 0.856. The number of nitrogens with zero attached hydrogens (tertiary/aromatic N) is 2. The first-order chi connectivity index (χ1) is 8.18. The molecule has 0 spiro atoms. The number of thiophene rings is 1. The molecule has 0 aliphatic rings. The van der Waals surface area contributed by atoms with Crippen molar-refractivity contribution in [3.05, 3.63) is 17.8 Å². The molecule has 1 atom stereocenters. The maximum absolute atomic E-state index is 5.67. The summed E-state index contributed by atoms with van der Waals surface area (Å²) in [5.74, 6) is 0.919. The van der Waals surface area contributed by atoms with Gasteiger partial charge in [-0.1, -0.05) is 6.92 Å². The maximum Gasteiger partial charge on any atom is 0.147 e. The van der Waals surface area contributed by atoms with Crippen LogP contribution in [0.15, 0.2) is 17.8 Å². The van der Waals surface area contributed by atoms with Gasteiger partial charge in [-0.25, -0.2) is 9.97 Å². The van der Waals surface area contributed by atoms with Crippen LogP contribution in [-0.2, 0) is 0 Å². The molecule has 0 saturated heterocycles. The van der Waals surface area contributed by atoms with Gasteiger partial charge in [0.05, 0.1) is 10.2 Å². The Bertz CT molecular complexity index is 496. The molecule has 0 aliphatic heterocycles. The van der Waals surface area contributed by atoms with Crippen LogP contribution < -0.4 is 11.1 Å². The van der Waals surface area contributed by atoms with E-state index in [0.29, 0.717) is 6.54 Å². The smallest absolute Gasteiger partial charge is 0.147 e. The maximum atomic E-state index is 5.67. The van der Waals surface area contributed by atoms with Crippen molar-refractivity contribution in [3.63, 3.8) is 0 Å². The van der Waals surface area contributed by atoms with E-state index in [1.165, 1.54) is 0 Å². The molecular formula is C12H18N4S. The monoisotopic (exact) mass is 250 g/mol. The molecule has 92 valence electrons. The number of nitrogens with one attached hydrogen (secondary N) is 1. The van der Waals surface area contributed by atoms with Gasteiger partial charge in [0.1, 0.15) is 12.1 Å². The number of anilines is 1. The number of rotatable bonds is 5. The first-order valence-corrected chi connectivity index (χ1v) is 6.73. The topological polar surface area (TPSA) is 63.8 Å². The Hall–Kier alpha value is -1.20. The second kappa shape index (κ2) is 4.98. The summed E-state index contributed by atoms with van der Waals surface area (Å²) < 4.78 is 1.11. The van der Waals surface area contributed by atoms with Crippen molar-refractivity contribution < 1.29 is 0 Å². The molecule has 0 fully saturated rings. The fourth-order valence-corrected chi connectivity index (χ4v) is 2.60. The molecule has 0 bridgehead atoms. The highest BCUT2D eigenvalue weighted by Gasteiger charge is 2.22. The van der Waals surface area contributed by atoms with Crippen molar-refractivity contribution in [2.24, 2.45) is 5.73 Å².